The van der Waals surface area contributed by atoms with Crippen molar-refractivity contribution in [1.82, 2.24) is 0 Å². The Bertz CT molecular complexity index is 908. The van der Waals surface area contributed by atoms with Gasteiger partial charge in [-0.05, 0) is 77.5 Å². The highest BCUT2D eigenvalue weighted by Gasteiger charge is 2.28. The molecule has 0 aliphatic carbocycles. The third kappa shape index (κ3) is 4.98. The van der Waals surface area contributed by atoms with Gasteiger partial charge in [-0.3, -0.25) is 4.79 Å². The van der Waals surface area contributed by atoms with Crippen molar-refractivity contribution in [2.75, 3.05) is 0 Å². The van der Waals surface area contributed by atoms with Crippen molar-refractivity contribution < 1.29 is 4.79 Å². The molecular weight excluding hydrogens is 354 g/mol. The van der Waals surface area contributed by atoms with Crippen LogP contribution in [0.3, 0.4) is 0 Å². The second kappa shape index (κ2) is 7.82. The van der Waals surface area contributed by atoms with E-state index in [0.29, 0.717) is 0 Å². The summed E-state index contributed by atoms with van der Waals surface area (Å²) in [6.45, 7) is 21.8. The molecule has 0 spiro atoms. The third-order valence-corrected chi connectivity index (χ3v) is 5.40. The fraction of sp³-hybridized carbons (Fsp3) is 0.444. The van der Waals surface area contributed by atoms with Crippen LogP contribution in [0.4, 0.5) is 0 Å². The summed E-state index contributed by atoms with van der Waals surface area (Å²) in [7, 11) is 0. The SMILES string of the molecule is Cc1cc(C)c(C(=CC(N)=O)c2c(C)cc(C)cc2C(C)(C)C)c(C(C)(C)C)c1. The smallest absolute Gasteiger partial charge is 0.242 e. The second-order valence-corrected chi connectivity index (χ2v) is 10.5. The van der Waals surface area contributed by atoms with E-state index in [-0.39, 0.29) is 10.8 Å². The number of amides is 1. The highest BCUT2D eigenvalue weighted by molar-refractivity contribution is 6.00. The number of carbonyl (C=O) groups excluding carboxylic acids is 1. The van der Waals surface area contributed by atoms with Crippen LogP contribution in [-0.2, 0) is 15.6 Å². The van der Waals surface area contributed by atoms with Crippen molar-refractivity contribution in [1.29, 1.82) is 0 Å². The van der Waals surface area contributed by atoms with Gasteiger partial charge in [0, 0.05) is 6.08 Å². The highest BCUT2D eigenvalue weighted by Crippen LogP contribution is 2.41. The Balaban J connectivity index is 3.06. The molecule has 2 heteroatoms. The Labute approximate surface area is 177 Å². The molecule has 156 valence electrons. The van der Waals surface area contributed by atoms with Gasteiger partial charge in [0.25, 0.3) is 0 Å². The average Bonchev–Trinajstić information content (AvgIpc) is 2.50. The van der Waals surface area contributed by atoms with Crippen LogP contribution in [0.1, 0.15) is 86.1 Å². The number of nitrogens with two attached hydrogens (primary N) is 1. The van der Waals surface area contributed by atoms with Crippen LogP contribution in [0.5, 0.6) is 0 Å². The van der Waals surface area contributed by atoms with Crippen LogP contribution in [0, 0.1) is 27.7 Å². The van der Waals surface area contributed by atoms with E-state index in [0.717, 1.165) is 16.7 Å². The lowest BCUT2D eigenvalue weighted by atomic mass is 9.73. The van der Waals surface area contributed by atoms with Gasteiger partial charge >= 0.3 is 0 Å². The molecule has 29 heavy (non-hydrogen) atoms. The van der Waals surface area contributed by atoms with Gasteiger partial charge in [-0.15, -0.1) is 0 Å². The molecule has 0 fully saturated rings. The van der Waals surface area contributed by atoms with Crippen molar-refractivity contribution in [3.63, 3.8) is 0 Å². The Kier molecular flexibility index (Phi) is 6.18. The standard InChI is InChI=1S/C27H37NO/c1-16-11-18(3)24(21(13-16)26(5,6)7)20(15-23(28)29)25-19(4)12-17(2)14-22(25)27(8,9)10/h11-15H,1-10H3,(H2,28,29). The van der Waals surface area contributed by atoms with Crippen molar-refractivity contribution in [2.24, 2.45) is 5.73 Å². The normalized spacial score (nSPS) is 12.1. The fourth-order valence-electron chi connectivity index (χ4n) is 4.24. The molecule has 0 unspecified atom stereocenters. The van der Waals surface area contributed by atoms with E-state index in [1.807, 2.05) is 0 Å². The fourth-order valence-corrected chi connectivity index (χ4v) is 4.24. The molecule has 0 saturated carbocycles. The molecule has 1 amide bonds. The molecule has 2 nitrogen and oxygen atoms in total. The zero-order valence-corrected chi connectivity index (χ0v) is 19.9. The van der Waals surface area contributed by atoms with Crippen LogP contribution in [0.25, 0.3) is 5.57 Å². The molecule has 0 saturated heterocycles. The molecule has 2 N–H and O–H groups in total. The van der Waals surface area contributed by atoms with Gasteiger partial charge in [-0.1, -0.05) is 76.9 Å². The second-order valence-electron chi connectivity index (χ2n) is 10.5. The molecule has 0 aromatic heterocycles. The summed E-state index contributed by atoms with van der Waals surface area (Å²) in [4.78, 5) is 12.2. The minimum atomic E-state index is -0.417. The molecule has 2 aromatic rings. The van der Waals surface area contributed by atoms with Crippen LogP contribution in [0.15, 0.2) is 30.3 Å². The molecule has 0 radical (unpaired) electrons. The molecule has 0 bridgehead atoms. The third-order valence-electron chi connectivity index (χ3n) is 5.40. The first kappa shape index (κ1) is 22.9. The predicted octanol–water partition coefficient (Wildman–Crippen LogP) is 6.43. The zero-order valence-electron chi connectivity index (χ0n) is 19.9. The van der Waals surface area contributed by atoms with Crippen molar-refractivity contribution in [2.45, 2.75) is 80.1 Å². The molecule has 0 aliphatic heterocycles. The topological polar surface area (TPSA) is 43.1 Å². The maximum absolute atomic E-state index is 12.2. The van der Waals surface area contributed by atoms with E-state index < -0.39 is 5.91 Å². The van der Waals surface area contributed by atoms with Crippen LogP contribution in [-0.4, -0.2) is 5.91 Å². The van der Waals surface area contributed by atoms with E-state index >= 15 is 0 Å². The number of benzene rings is 2. The Morgan fingerprint density at radius 3 is 1.34 bits per heavy atom. The van der Waals surface area contributed by atoms with Gasteiger partial charge in [0.1, 0.15) is 0 Å². The largest absolute Gasteiger partial charge is 0.366 e. The first-order chi connectivity index (χ1) is 13.1. The first-order valence-electron chi connectivity index (χ1n) is 10.4. The molecular formula is C27H37NO. The summed E-state index contributed by atoms with van der Waals surface area (Å²) in [5.41, 5.74) is 16.1. The summed E-state index contributed by atoms with van der Waals surface area (Å²) in [6.07, 6.45) is 1.62. The summed E-state index contributed by atoms with van der Waals surface area (Å²) >= 11 is 0. The zero-order chi connectivity index (χ0) is 22.3. The van der Waals surface area contributed by atoms with Gasteiger partial charge in [0.05, 0.1) is 0 Å². The van der Waals surface area contributed by atoms with E-state index in [4.69, 9.17) is 5.73 Å². The van der Waals surface area contributed by atoms with Gasteiger partial charge in [-0.25, -0.2) is 0 Å². The summed E-state index contributed by atoms with van der Waals surface area (Å²) in [6, 6.07) is 8.88. The summed E-state index contributed by atoms with van der Waals surface area (Å²) < 4.78 is 0. The number of hydrogen-bond acceptors (Lipinski definition) is 1. The molecule has 0 atom stereocenters. The van der Waals surface area contributed by atoms with Crippen molar-refractivity contribution in [3.8, 4) is 0 Å². The lowest BCUT2D eigenvalue weighted by molar-refractivity contribution is -0.113. The van der Waals surface area contributed by atoms with Gasteiger partial charge in [-0.2, -0.15) is 0 Å². The number of carbonyl (C=O) groups is 1. The van der Waals surface area contributed by atoms with Crippen molar-refractivity contribution in [3.05, 3.63) is 74.8 Å². The number of rotatable bonds is 3. The first-order valence-corrected chi connectivity index (χ1v) is 10.4. The van der Waals surface area contributed by atoms with Gasteiger partial charge in [0.15, 0.2) is 0 Å². The Hall–Kier alpha value is -2.35. The summed E-state index contributed by atoms with van der Waals surface area (Å²) in [5, 5.41) is 0. The Morgan fingerprint density at radius 2 is 1.07 bits per heavy atom. The lowest BCUT2D eigenvalue weighted by Gasteiger charge is -2.31. The van der Waals surface area contributed by atoms with Crippen LogP contribution in [0.2, 0.25) is 0 Å². The van der Waals surface area contributed by atoms with Gasteiger partial charge in [0.2, 0.25) is 5.91 Å². The van der Waals surface area contributed by atoms with E-state index in [9.17, 15) is 4.79 Å². The molecule has 2 rings (SSSR count). The van der Waals surface area contributed by atoms with Crippen LogP contribution < -0.4 is 5.73 Å². The number of hydrogen-bond donors (Lipinski definition) is 1. The molecule has 2 aromatic carbocycles. The van der Waals surface area contributed by atoms with E-state index in [1.165, 1.54) is 33.4 Å². The predicted molar refractivity (Wildman–Crippen MR) is 126 cm³/mol. The number of primary amides is 1. The summed E-state index contributed by atoms with van der Waals surface area (Å²) in [5.74, 6) is -0.417. The molecule has 0 aliphatic rings. The van der Waals surface area contributed by atoms with E-state index in [1.54, 1.807) is 6.08 Å². The average molecular weight is 392 g/mol. The molecule has 0 heterocycles. The maximum atomic E-state index is 12.2. The van der Waals surface area contributed by atoms with Crippen molar-refractivity contribution >= 4 is 11.5 Å². The number of aryl methyl sites for hydroxylation is 4. The minimum absolute atomic E-state index is 0.0661. The Morgan fingerprint density at radius 1 is 0.724 bits per heavy atom. The maximum Gasteiger partial charge on any atom is 0.242 e. The van der Waals surface area contributed by atoms with E-state index in [2.05, 4.69) is 93.5 Å². The minimum Gasteiger partial charge on any atom is -0.366 e. The lowest BCUT2D eigenvalue weighted by Crippen LogP contribution is -2.20. The van der Waals surface area contributed by atoms with Gasteiger partial charge < -0.3 is 5.73 Å². The van der Waals surface area contributed by atoms with Crippen LogP contribution >= 0.6 is 0 Å². The quantitative estimate of drug-likeness (QED) is 0.602. The highest BCUT2D eigenvalue weighted by atomic mass is 16.1. The monoisotopic (exact) mass is 391 g/mol.